The summed E-state index contributed by atoms with van der Waals surface area (Å²) in [6.45, 7) is 4.45. The third-order valence-corrected chi connectivity index (χ3v) is 6.54. The molecule has 4 aromatic carbocycles. The summed E-state index contributed by atoms with van der Waals surface area (Å²) in [5.41, 5.74) is 9.25. The predicted octanol–water partition coefficient (Wildman–Crippen LogP) is 9.34. The second-order valence-electron chi connectivity index (χ2n) is 9.68. The number of benzene rings is 4. The molecule has 0 aliphatic heterocycles. The van der Waals surface area contributed by atoms with E-state index in [1.165, 1.54) is 36.8 Å². The lowest BCUT2D eigenvalue weighted by molar-refractivity contribution is 0.795. The van der Waals surface area contributed by atoms with Gasteiger partial charge in [0.05, 0.1) is 0 Å². The Balaban J connectivity index is 1.31. The maximum atomic E-state index is 3.28. The summed E-state index contributed by atoms with van der Waals surface area (Å²) in [7, 11) is 0. The maximum Gasteiger partial charge on any atom is 0.0249 e. The number of unbranched alkanes of at least 4 members (excludes halogenated alkanes) is 2. The SMILES string of the molecule is CCCCc1ccc(C#Cc2ccc(/C=C/c3ccc(C#Cc4ccc(CCCC)cc4)cc3)cc2)cc1. The molecule has 4 rings (SSSR count). The van der Waals surface area contributed by atoms with Crippen LogP contribution >= 0.6 is 0 Å². The molecule has 0 bridgehead atoms. The Morgan fingerprint density at radius 3 is 1.00 bits per heavy atom. The highest BCUT2D eigenvalue weighted by Crippen LogP contribution is 2.12. The molecule has 188 valence electrons. The second kappa shape index (κ2) is 14.5. The highest BCUT2D eigenvalue weighted by atomic mass is 14.0. The molecule has 0 aliphatic carbocycles. The van der Waals surface area contributed by atoms with Crippen molar-refractivity contribution in [2.24, 2.45) is 0 Å². The summed E-state index contributed by atoms with van der Waals surface area (Å²) in [6, 6.07) is 34.0. The fourth-order valence-electron chi connectivity index (χ4n) is 4.11. The minimum atomic E-state index is 1.02. The lowest BCUT2D eigenvalue weighted by Crippen LogP contribution is -1.84. The molecule has 0 unspecified atom stereocenters. The van der Waals surface area contributed by atoms with Crippen LogP contribution in [0.2, 0.25) is 0 Å². The van der Waals surface area contributed by atoms with E-state index in [0.717, 1.165) is 46.2 Å². The van der Waals surface area contributed by atoms with Crippen molar-refractivity contribution in [2.45, 2.75) is 52.4 Å². The van der Waals surface area contributed by atoms with E-state index in [9.17, 15) is 0 Å². The van der Waals surface area contributed by atoms with Gasteiger partial charge in [0.1, 0.15) is 0 Å². The van der Waals surface area contributed by atoms with Gasteiger partial charge in [-0.1, -0.05) is 111 Å². The van der Waals surface area contributed by atoms with Crippen LogP contribution in [0.15, 0.2) is 97.1 Å². The molecule has 0 fully saturated rings. The van der Waals surface area contributed by atoms with Crippen molar-refractivity contribution in [3.8, 4) is 23.7 Å². The van der Waals surface area contributed by atoms with Crippen LogP contribution in [0.1, 0.15) is 84.0 Å². The van der Waals surface area contributed by atoms with Gasteiger partial charge in [0.25, 0.3) is 0 Å². The van der Waals surface area contributed by atoms with Gasteiger partial charge in [-0.3, -0.25) is 0 Å². The lowest BCUT2D eigenvalue weighted by Gasteiger charge is -1.99. The van der Waals surface area contributed by atoms with Gasteiger partial charge in [-0.05, 0) is 96.5 Å². The Morgan fingerprint density at radius 1 is 0.421 bits per heavy atom. The van der Waals surface area contributed by atoms with E-state index < -0.39 is 0 Å². The Labute approximate surface area is 229 Å². The van der Waals surface area contributed by atoms with Gasteiger partial charge in [0.15, 0.2) is 0 Å². The molecule has 0 N–H and O–H groups in total. The van der Waals surface area contributed by atoms with E-state index in [4.69, 9.17) is 0 Å². The molecule has 0 radical (unpaired) electrons. The standard InChI is InChI=1S/C38H36/c1-3-5-7-31-9-13-33(14-10-31)17-19-35-21-25-37(26-22-35)29-30-38-27-23-36(24-28-38)20-18-34-15-11-32(12-16-34)8-6-4-2/h9-16,21-30H,3-8H2,1-2H3/b30-29+. The Hall–Kier alpha value is -4.26. The molecule has 0 nitrogen and oxygen atoms in total. The first-order valence-electron chi connectivity index (χ1n) is 13.8. The van der Waals surface area contributed by atoms with E-state index in [0.29, 0.717) is 0 Å². The monoisotopic (exact) mass is 492 g/mol. The maximum absolute atomic E-state index is 3.28. The van der Waals surface area contributed by atoms with Gasteiger partial charge in [-0.25, -0.2) is 0 Å². The van der Waals surface area contributed by atoms with Crippen molar-refractivity contribution in [1.29, 1.82) is 0 Å². The summed E-state index contributed by atoms with van der Waals surface area (Å²) in [4.78, 5) is 0. The van der Waals surface area contributed by atoms with Gasteiger partial charge in [-0.15, -0.1) is 0 Å². The average Bonchev–Trinajstić information content (AvgIpc) is 2.98. The molecule has 0 atom stereocenters. The highest BCUT2D eigenvalue weighted by Gasteiger charge is 1.95. The van der Waals surface area contributed by atoms with Gasteiger partial charge in [-0.2, -0.15) is 0 Å². The summed E-state index contributed by atoms with van der Waals surface area (Å²) in [5, 5.41) is 0. The molecule has 0 heterocycles. The van der Waals surface area contributed by atoms with Gasteiger partial charge in [0.2, 0.25) is 0 Å². The number of hydrogen-bond acceptors (Lipinski definition) is 0. The average molecular weight is 493 g/mol. The van der Waals surface area contributed by atoms with E-state index in [2.05, 4.69) is 147 Å². The van der Waals surface area contributed by atoms with E-state index >= 15 is 0 Å². The smallest absolute Gasteiger partial charge is 0.0249 e. The minimum Gasteiger partial charge on any atom is -0.0654 e. The first-order chi connectivity index (χ1) is 18.7. The largest absolute Gasteiger partial charge is 0.0654 e. The highest BCUT2D eigenvalue weighted by molar-refractivity contribution is 5.70. The van der Waals surface area contributed by atoms with Crippen molar-refractivity contribution >= 4 is 12.2 Å². The van der Waals surface area contributed by atoms with Crippen LogP contribution in [0, 0.1) is 23.7 Å². The third kappa shape index (κ3) is 8.69. The van der Waals surface area contributed by atoms with Gasteiger partial charge in [0, 0.05) is 22.3 Å². The number of hydrogen-bond donors (Lipinski definition) is 0. The second-order valence-corrected chi connectivity index (χ2v) is 9.68. The normalized spacial score (nSPS) is 10.5. The zero-order valence-corrected chi connectivity index (χ0v) is 22.6. The Morgan fingerprint density at radius 2 is 0.711 bits per heavy atom. The molecular formula is C38H36. The zero-order chi connectivity index (χ0) is 26.4. The van der Waals surface area contributed by atoms with Crippen LogP contribution in [0.4, 0.5) is 0 Å². The van der Waals surface area contributed by atoms with E-state index in [1.54, 1.807) is 0 Å². The Kier molecular flexibility index (Phi) is 10.2. The molecule has 4 aromatic rings. The fourth-order valence-corrected chi connectivity index (χ4v) is 4.11. The molecular weight excluding hydrogens is 456 g/mol. The van der Waals surface area contributed by atoms with Crippen LogP contribution in [-0.4, -0.2) is 0 Å². The summed E-state index contributed by atoms with van der Waals surface area (Å²) in [5.74, 6) is 13.1. The lowest BCUT2D eigenvalue weighted by atomic mass is 10.1. The van der Waals surface area contributed by atoms with Crippen molar-refractivity contribution in [3.63, 3.8) is 0 Å². The molecule has 0 aliphatic rings. The molecule has 0 saturated heterocycles. The first-order valence-corrected chi connectivity index (χ1v) is 13.8. The fraction of sp³-hybridized carbons (Fsp3) is 0.211. The van der Waals surface area contributed by atoms with Crippen molar-refractivity contribution in [3.05, 3.63) is 142 Å². The van der Waals surface area contributed by atoms with E-state index in [1.807, 2.05) is 0 Å². The zero-order valence-electron chi connectivity index (χ0n) is 22.6. The van der Waals surface area contributed by atoms with Crippen LogP contribution in [0.5, 0.6) is 0 Å². The quantitative estimate of drug-likeness (QED) is 0.170. The molecule has 38 heavy (non-hydrogen) atoms. The number of aryl methyl sites for hydroxylation is 2. The van der Waals surface area contributed by atoms with Crippen molar-refractivity contribution in [2.75, 3.05) is 0 Å². The molecule has 0 amide bonds. The van der Waals surface area contributed by atoms with Crippen LogP contribution < -0.4 is 0 Å². The molecule has 0 spiro atoms. The Bertz CT molecular complexity index is 1310. The predicted molar refractivity (Wildman–Crippen MR) is 164 cm³/mol. The summed E-state index contributed by atoms with van der Waals surface area (Å²) in [6.07, 6.45) is 11.5. The van der Waals surface area contributed by atoms with Gasteiger partial charge >= 0.3 is 0 Å². The van der Waals surface area contributed by atoms with Crippen LogP contribution in [0.3, 0.4) is 0 Å². The van der Waals surface area contributed by atoms with Crippen LogP contribution in [-0.2, 0) is 12.8 Å². The molecule has 0 aromatic heterocycles. The van der Waals surface area contributed by atoms with E-state index in [-0.39, 0.29) is 0 Å². The molecule has 0 saturated carbocycles. The van der Waals surface area contributed by atoms with Gasteiger partial charge < -0.3 is 0 Å². The number of rotatable bonds is 8. The van der Waals surface area contributed by atoms with Crippen molar-refractivity contribution in [1.82, 2.24) is 0 Å². The summed E-state index contributed by atoms with van der Waals surface area (Å²) < 4.78 is 0. The first kappa shape index (κ1) is 26.8. The summed E-state index contributed by atoms with van der Waals surface area (Å²) >= 11 is 0. The van der Waals surface area contributed by atoms with Crippen molar-refractivity contribution < 1.29 is 0 Å². The topological polar surface area (TPSA) is 0 Å². The van der Waals surface area contributed by atoms with Crippen LogP contribution in [0.25, 0.3) is 12.2 Å². The molecule has 0 heteroatoms. The minimum absolute atomic E-state index is 1.02. The third-order valence-electron chi connectivity index (χ3n) is 6.54.